The molecular weight excluding hydrogens is 200 g/mol. The van der Waals surface area contributed by atoms with Crippen LogP contribution >= 0.6 is 0 Å². The summed E-state index contributed by atoms with van der Waals surface area (Å²) in [6, 6.07) is 6.24. The summed E-state index contributed by atoms with van der Waals surface area (Å²) in [6.45, 7) is 4.09. The van der Waals surface area contributed by atoms with Gasteiger partial charge in [-0.05, 0) is 43.7 Å². The molecule has 2 unspecified atom stereocenters. The molecule has 1 aromatic carbocycles. The standard InChI is InChI=1S/C14H20O2/c1-9-3-4-10(2)12(7-9)8-13(15)14(16)11-5-6-11/h3-4,7,11,13-16H,5-6,8H2,1-2H3. The maximum absolute atomic E-state index is 9.95. The Morgan fingerprint density at radius 2 is 1.94 bits per heavy atom. The Labute approximate surface area is 96.9 Å². The zero-order chi connectivity index (χ0) is 11.7. The van der Waals surface area contributed by atoms with Crippen LogP contribution in [0.2, 0.25) is 0 Å². The van der Waals surface area contributed by atoms with E-state index in [2.05, 4.69) is 18.2 Å². The molecule has 88 valence electrons. The highest BCUT2D eigenvalue weighted by Gasteiger charge is 2.34. The van der Waals surface area contributed by atoms with Gasteiger partial charge in [-0.2, -0.15) is 0 Å². The third-order valence-electron chi connectivity index (χ3n) is 3.43. The molecule has 2 nitrogen and oxygen atoms in total. The van der Waals surface area contributed by atoms with Gasteiger partial charge in [-0.15, -0.1) is 0 Å². The van der Waals surface area contributed by atoms with Gasteiger partial charge in [0.15, 0.2) is 0 Å². The fourth-order valence-electron chi connectivity index (χ4n) is 2.12. The summed E-state index contributed by atoms with van der Waals surface area (Å²) in [7, 11) is 0. The first kappa shape index (κ1) is 11.6. The van der Waals surface area contributed by atoms with Gasteiger partial charge in [0.2, 0.25) is 0 Å². The van der Waals surface area contributed by atoms with Crippen LogP contribution in [-0.2, 0) is 6.42 Å². The molecule has 2 atom stereocenters. The minimum absolute atomic E-state index is 0.333. The van der Waals surface area contributed by atoms with E-state index in [9.17, 15) is 10.2 Å². The lowest BCUT2D eigenvalue weighted by molar-refractivity contribution is 0.00665. The topological polar surface area (TPSA) is 40.5 Å². The number of aliphatic hydroxyl groups excluding tert-OH is 2. The second kappa shape index (κ2) is 4.56. The SMILES string of the molecule is Cc1ccc(C)c(CC(O)C(O)C2CC2)c1. The summed E-state index contributed by atoms with van der Waals surface area (Å²) >= 11 is 0. The van der Waals surface area contributed by atoms with Crippen molar-refractivity contribution in [1.82, 2.24) is 0 Å². The zero-order valence-electron chi connectivity index (χ0n) is 9.98. The van der Waals surface area contributed by atoms with Crippen LogP contribution in [0, 0.1) is 19.8 Å². The van der Waals surface area contributed by atoms with Crippen molar-refractivity contribution in [1.29, 1.82) is 0 Å². The molecule has 0 aromatic heterocycles. The van der Waals surface area contributed by atoms with E-state index >= 15 is 0 Å². The molecule has 0 radical (unpaired) electrons. The van der Waals surface area contributed by atoms with Gasteiger partial charge in [0.25, 0.3) is 0 Å². The molecule has 0 aliphatic heterocycles. The van der Waals surface area contributed by atoms with Gasteiger partial charge < -0.3 is 10.2 Å². The highest BCUT2D eigenvalue weighted by atomic mass is 16.3. The molecule has 0 heterocycles. The Morgan fingerprint density at radius 1 is 1.25 bits per heavy atom. The van der Waals surface area contributed by atoms with Crippen LogP contribution in [0.25, 0.3) is 0 Å². The van der Waals surface area contributed by atoms with Crippen molar-refractivity contribution in [2.24, 2.45) is 5.92 Å². The van der Waals surface area contributed by atoms with Gasteiger partial charge in [-0.1, -0.05) is 23.8 Å². The number of rotatable bonds is 4. The molecule has 1 fully saturated rings. The third kappa shape index (κ3) is 2.63. The van der Waals surface area contributed by atoms with Gasteiger partial charge in [-0.3, -0.25) is 0 Å². The van der Waals surface area contributed by atoms with Crippen LogP contribution in [0.1, 0.15) is 29.5 Å². The average Bonchev–Trinajstić information content (AvgIpc) is 3.06. The quantitative estimate of drug-likeness (QED) is 0.814. The smallest absolute Gasteiger partial charge is 0.0842 e. The molecule has 16 heavy (non-hydrogen) atoms. The minimum Gasteiger partial charge on any atom is -0.390 e. The minimum atomic E-state index is -0.618. The zero-order valence-corrected chi connectivity index (χ0v) is 9.98. The fourth-order valence-corrected chi connectivity index (χ4v) is 2.12. The number of benzene rings is 1. The molecule has 0 bridgehead atoms. The summed E-state index contributed by atoms with van der Waals surface area (Å²) < 4.78 is 0. The lowest BCUT2D eigenvalue weighted by Gasteiger charge is -2.18. The van der Waals surface area contributed by atoms with Crippen molar-refractivity contribution >= 4 is 0 Å². The molecule has 0 amide bonds. The van der Waals surface area contributed by atoms with Gasteiger partial charge in [0, 0.05) is 6.42 Å². The van der Waals surface area contributed by atoms with Crippen LogP contribution < -0.4 is 0 Å². The van der Waals surface area contributed by atoms with Crippen LogP contribution in [0.3, 0.4) is 0 Å². The lowest BCUT2D eigenvalue weighted by atomic mass is 9.96. The van der Waals surface area contributed by atoms with Gasteiger partial charge in [0.1, 0.15) is 0 Å². The van der Waals surface area contributed by atoms with Crippen molar-refractivity contribution < 1.29 is 10.2 Å². The predicted molar refractivity (Wildman–Crippen MR) is 64.4 cm³/mol. The highest BCUT2D eigenvalue weighted by molar-refractivity contribution is 5.31. The van der Waals surface area contributed by atoms with Crippen molar-refractivity contribution in [2.75, 3.05) is 0 Å². The van der Waals surface area contributed by atoms with Crippen molar-refractivity contribution in [3.05, 3.63) is 34.9 Å². The maximum Gasteiger partial charge on any atom is 0.0842 e. The number of aliphatic hydroxyl groups is 2. The molecule has 1 saturated carbocycles. The predicted octanol–water partition coefficient (Wildman–Crippen LogP) is 1.98. The summed E-state index contributed by atoms with van der Waals surface area (Å²) in [5.74, 6) is 0.333. The first-order valence-corrected chi connectivity index (χ1v) is 6.00. The Bertz CT molecular complexity index is 369. The monoisotopic (exact) mass is 220 g/mol. The average molecular weight is 220 g/mol. The molecule has 0 saturated heterocycles. The summed E-state index contributed by atoms with van der Waals surface area (Å²) in [5.41, 5.74) is 3.54. The molecule has 2 heteroatoms. The second-order valence-corrected chi connectivity index (χ2v) is 5.03. The Hall–Kier alpha value is -0.860. The van der Waals surface area contributed by atoms with E-state index in [1.807, 2.05) is 13.8 Å². The Morgan fingerprint density at radius 3 is 2.56 bits per heavy atom. The Kier molecular flexibility index (Phi) is 3.31. The largest absolute Gasteiger partial charge is 0.390 e. The molecule has 1 aliphatic carbocycles. The summed E-state index contributed by atoms with van der Waals surface area (Å²) in [5, 5.41) is 19.8. The van der Waals surface area contributed by atoms with E-state index in [-0.39, 0.29) is 0 Å². The van der Waals surface area contributed by atoms with Gasteiger partial charge in [-0.25, -0.2) is 0 Å². The number of aryl methyl sites for hydroxylation is 2. The number of hydrogen-bond donors (Lipinski definition) is 2. The first-order chi connectivity index (χ1) is 7.58. The molecular formula is C14H20O2. The Balaban J connectivity index is 2.04. The van der Waals surface area contributed by atoms with Crippen LogP contribution in [0.5, 0.6) is 0 Å². The van der Waals surface area contributed by atoms with Crippen molar-refractivity contribution in [3.63, 3.8) is 0 Å². The summed E-state index contributed by atoms with van der Waals surface area (Å²) in [6.07, 6.45) is 1.52. The van der Waals surface area contributed by atoms with Crippen molar-refractivity contribution in [2.45, 2.75) is 45.3 Å². The molecule has 2 N–H and O–H groups in total. The summed E-state index contributed by atoms with van der Waals surface area (Å²) in [4.78, 5) is 0. The fraction of sp³-hybridized carbons (Fsp3) is 0.571. The molecule has 1 aromatic rings. The number of hydrogen-bond acceptors (Lipinski definition) is 2. The maximum atomic E-state index is 9.95. The third-order valence-corrected chi connectivity index (χ3v) is 3.43. The van der Waals surface area contributed by atoms with E-state index in [0.717, 1.165) is 18.4 Å². The van der Waals surface area contributed by atoms with Crippen LogP contribution in [0.4, 0.5) is 0 Å². The van der Waals surface area contributed by atoms with E-state index in [0.29, 0.717) is 12.3 Å². The molecule has 2 rings (SSSR count). The van der Waals surface area contributed by atoms with Gasteiger partial charge in [0.05, 0.1) is 12.2 Å². The van der Waals surface area contributed by atoms with Gasteiger partial charge >= 0.3 is 0 Å². The van der Waals surface area contributed by atoms with E-state index in [1.165, 1.54) is 11.1 Å². The highest BCUT2D eigenvalue weighted by Crippen LogP contribution is 2.34. The molecule has 1 aliphatic rings. The first-order valence-electron chi connectivity index (χ1n) is 6.00. The van der Waals surface area contributed by atoms with Crippen LogP contribution in [0.15, 0.2) is 18.2 Å². The van der Waals surface area contributed by atoms with Crippen molar-refractivity contribution in [3.8, 4) is 0 Å². The van der Waals surface area contributed by atoms with Crippen LogP contribution in [-0.4, -0.2) is 22.4 Å². The second-order valence-electron chi connectivity index (χ2n) is 5.03. The molecule has 0 spiro atoms. The van der Waals surface area contributed by atoms with E-state index in [1.54, 1.807) is 0 Å². The van der Waals surface area contributed by atoms with E-state index in [4.69, 9.17) is 0 Å². The lowest BCUT2D eigenvalue weighted by Crippen LogP contribution is -2.30. The van der Waals surface area contributed by atoms with E-state index < -0.39 is 12.2 Å². The normalized spacial score (nSPS) is 19.5.